The molecule has 1 saturated heterocycles. The molecule has 1 aliphatic rings. The smallest absolute Gasteiger partial charge is 0.0368 e. The summed E-state index contributed by atoms with van der Waals surface area (Å²) in [6.07, 6.45) is 2.65. The number of piperidine rings is 1. The van der Waals surface area contributed by atoms with Gasteiger partial charge < -0.3 is 4.90 Å². The minimum Gasteiger partial charge on any atom is -0.305 e. The highest BCUT2D eigenvalue weighted by molar-refractivity contribution is 4.75. The van der Waals surface area contributed by atoms with Crippen molar-refractivity contribution < 1.29 is 0 Å². The van der Waals surface area contributed by atoms with Crippen LogP contribution in [0.4, 0.5) is 0 Å². The van der Waals surface area contributed by atoms with Crippen molar-refractivity contribution in [3.05, 3.63) is 0 Å². The molecule has 0 amide bonds. The first-order valence-electron chi connectivity index (χ1n) is 5.74. The minimum absolute atomic E-state index is 0.687. The second-order valence-corrected chi connectivity index (χ2v) is 4.93. The van der Waals surface area contributed by atoms with Crippen LogP contribution in [0.15, 0.2) is 0 Å². The van der Waals surface area contributed by atoms with Crippen LogP contribution in [0, 0.1) is 5.92 Å². The lowest BCUT2D eigenvalue weighted by Crippen LogP contribution is -2.51. The van der Waals surface area contributed by atoms with Crippen LogP contribution in [-0.2, 0) is 0 Å². The quantitative estimate of drug-likeness (QED) is 0.686. The van der Waals surface area contributed by atoms with Gasteiger partial charge in [0.1, 0.15) is 0 Å². The van der Waals surface area contributed by atoms with E-state index in [1.165, 1.54) is 25.9 Å². The molecule has 1 atom stereocenters. The summed E-state index contributed by atoms with van der Waals surface area (Å²) in [5.74, 6) is 0.721. The fourth-order valence-corrected chi connectivity index (χ4v) is 1.91. The lowest BCUT2D eigenvalue weighted by molar-refractivity contribution is 0.0884. The number of likely N-dealkylation sites (tertiary alicyclic amines) is 1. The fourth-order valence-electron chi connectivity index (χ4n) is 1.91. The van der Waals surface area contributed by atoms with Gasteiger partial charge in [0.05, 0.1) is 0 Å². The molecule has 1 heterocycles. The highest BCUT2D eigenvalue weighted by Gasteiger charge is 2.20. The maximum absolute atomic E-state index is 3.48. The van der Waals surface area contributed by atoms with Gasteiger partial charge in [-0.05, 0) is 32.4 Å². The third kappa shape index (κ3) is 3.95. The van der Waals surface area contributed by atoms with Crippen LogP contribution in [0.5, 0.6) is 0 Å². The normalized spacial score (nSPS) is 24.9. The van der Waals surface area contributed by atoms with Crippen molar-refractivity contribution in [3.8, 4) is 0 Å². The SMILES string of the molecule is CC(C)CNN(C)[C@@H]1CCCN(C)C1. The number of nitrogens with zero attached hydrogens (tertiary/aromatic N) is 2. The van der Waals surface area contributed by atoms with Crippen molar-refractivity contribution in [2.24, 2.45) is 5.92 Å². The van der Waals surface area contributed by atoms with Crippen molar-refractivity contribution in [1.29, 1.82) is 0 Å². The first-order valence-corrected chi connectivity index (χ1v) is 5.74. The second-order valence-electron chi connectivity index (χ2n) is 4.93. The lowest BCUT2D eigenvalue weighted by Gasteiger charge is -2.36. The van der Waals surface area contributed by atoms with E-state index in [-0.39, 0.29) is 0 Å². The van der Waals surface area contributed by atoms with Gasteiger partial charge in [-0.2, -0.15) is 0 Å². The molecule has 14 heavy (non-hydrogen) atoms. The summed E-state index contributed by atoms with van der Waals surface area (Å²) in [5.41, 5.74) is 3.48. The van der Waals surface area contributed by atoms with E-state index in [4.69, 9.17) is 0 Å². The van der Waals surface area contributed by atoms with Crippen LogP contribution in [0.25, 0.3) is 0 Å². The Balaban J connectivity index is 2.25. The van der Waals surface area contributed by atoms with E-state index in [1.54, 1.807) is 0 Å². The fraction of sp³-hybridized carbons (Fsp3) is 1.00. The number of nitrogens with one attached hydrogen (secondary N) is 1. The van der Waals surface area contributed by atoms with Gasteiger partial charge in [0.25, 0.3) is 0 Å². The summed E-state index contributed by atoms with van der Waals surface area (Å²) in [5, 5.41) is 2.30. The van der Waals surface area contributed by atoms with Gasteiger partial charge in [0.15, 0.2) is 0 Å². The summed E-state index contributed by atoms with van der Waals surface area (Å²) in [7, 11) is 4.38. The topological polar surface area (TPSA) is 18.5 Å². The zero-order valence-electron chi connectivity index (χ0n) is 10.1. The van der Waals surface area contributed by atoms with E-state index in [0.29, 0.717) is 6.04 Å². The Morgan fingerprint density at radius 3 is 2.79 bits per heavy atom. The molecule has 84 valence electrons. The molecule has 3 nitrogen and oxygen atoms in total. The number of rotatable bonds is 4. The zero-order valence-corrected chi connectivity index (χ0v) is 10.1. The van der Waals surface area contributed by atoms with Crippen LogP contribution in [0.1, 0.15) is 26.7 Å². The average molecular weight is 199 g/mol. The van der Waals surface area contributed by atoms with Crippen molar-refractivity contribution in [3.63, 3.8) is 0 Å². The highest BCUT2D eigenvalue weighted by atomic mass is 15.5. The maximum Gasteiger partial charge on any atom is 0.0368 e. The standard InChI is InChI=1S/C11H25N3/c1-10(2)8-12-14(4)11-6-5-7-13(3)9-11/h10-12H,5-9H2,1-4H3/t11-/m1/s1. The summed E-state index contributed by atoms with van der Waals surface area (Å²) in [4.78, 5) is 2.42. The summed E-state index contributed by atoms with van der Waals surface area (Å²) in [6, 6.07) is 0.687. The number of hydrogen-bond acceptors (Lipinski definition) is 3. The molecule has 0 unspecified atom stereocenters. The van der Waals surface area contributed by atoms with Crippen molar-refractivity contribution >= 4 is 0 Å². The van der Waals surface area contributed by atoms with Gasteiger partial charge >= 0.3 is 0 Å². The average Bonchev–Trinajstić information content (AvgIpc) is 2.14. The first kappa shape index (κ1) is 12.0. The molecule has 1 fully saturated rings. The third-order valence-electron chi connectivity index (χ3n) is 2.90. The van der Waals surface area contributed by atoms with Gasteiger partial charge in [-0.1, -0.05) is 13.8 Å². The van der Waals surface area contributed by atoms with E-state index < -0.39 is 0 Å². The van der Waals surface area contributed by atoms with E-state index >= 15 is 0 Å². The minimum atomic E-state index is 0.687. The lowest BCUT2D eigenvalue weighted by atomic mass is 10.1. The molecule has 0 saturated carbocycles. The monoisotopic (exact) mass is 199 g/mol. The molecule has 1 rings (SSSR count). The second kappa shape index (κ2) is 5.69. The number of likely N-dealkylation sites (N-methyl/N-ethyl adjacent to an activating group) is 2. The predicted octanol–water partition coefficient (Wildman–Crippen LogP) is 1.17. The summed E-state index contributed by atoms with van der Waals surface area (Å²) < 4.78 is 0. The molecule has 1 aliphatic heterocycles. The van der Waals surface area contributed by atoms with E-state index in [9.17, 15) is 0 Å². The largest absolute Gasteiger partial charge is 0.305 e. The third-order valence-corrected chi connectivity index (χ3v) is 2.90. The molecule has 0 aromatic heterocycles. The van der Waals surface area contributed by atoms with Gasteiger partial charge in [-0.15, -0.1) is 0 Å². The Hall–Kier alpha value is -0.120. The highest BCUT2D eigenvalue weighted by Crippen LogP contribution is 2.11. The maximum atomic E-state index is 3.48. The van der Waals surface area contributed by atoms with E-state index in [0.717, 1.165) is 12.5 Å². The van der Waals surface area contributed by atoms with Crippen LogP contribution in [-0.4, -0.2) is 49.7 Å². The van der Waals surface area contributed by atoms with Crippen molar-refractivity contribution in [2.75, 3.05) is 33.7 Å². The van der Waals surface area contributed by atoms with Crippen molar-refractivity contribution in [1.82, 2.24) is 15.3 Å². The van der Waals surface area contributed by atoms with Crippen LogP contribution in [0.3, 0.4) is 0 Å². The predicted molar refractivity (Wildman–Crippen MR) is 61.1 cm³/mol. The van der Waals surface area contributed by atoms with Crippen LogP contribution >= 0.6 is 0 Å². The van der Waals surface area contributed by atoms with Gasteiger partial charge in [0, 0.05) is 26.2 Å². The van der Waals surface area contributed by atoms with Gasteiger partial charge in [0.2, 0.25) is 0 Å². The summed E-state index contributed by atoms with van der Waals surface area (Å²) in [6.45, 7) is 8.02. The van der Waals surface area contributed by atoms with Crippen molar-refractivity contribution in [2.45, 2.75) is 32.7 Å². The Morgan fingerprint density at radius 1 is 1.50 bits per heavy atom. The van der Waals surface area contributed by atoms with E-state index in [2.05, 4.69) is 43.3 Å². The molecule has 0 spiro atoms. The molecule has 3 heteroatoms. The molecule has 1 N–H and O–H groups in total. The molecule has 0 aromatic rings. The Labute approximate surface area is 88.4 Å². The molecule has 0 radical (unpaired) electrons. The zero-order chi connectivity index (χ0) is 10.6. The summed E-state index contributed by atoms with van der Waals surface area (Å²) >= 11 is 0. The van der Waals surface area contributed by atoms with Gasteiger partial charge in [-0.3, -0.25) is 5.43 Å². The molecular weight excluding hydrogens is 174 g/mol. The number of hydrazine groups is 1. The Kier molecular flexibility index (Phi) is 4.85. The molecule has 0 aromatic carbocycles. The number of hydrogen-bond donors (Lipinski definition) is 1. The molecule has 0 bridgehead atoms. The van der Waals surface area contributed by atoms with E-state index in [1.807, 2.05) is 0 Å². The van der Waals surface area contributed by atoms with Gasteiger partial charge in [-0.25, -0.2) is 5.01 Å². The Morgan fingerprint density at radius 2 is 2.21 bits per heavy atom. The molecular formula is C11H25N3. The Bertz CT molecular complexity index is 159. The first-order chi connectivity index (χ1) is 6.59. The molecule has 0 aliphatic carbocycles. The van der Waals surface area contributed by atoms with Crippen LogP contribution < -0.4 is 5.43 Å². The van der Waals surface area contributed by atoms with Crippen LogP contribution in [0.2, 0.25) is 0 Å².